The number of rotatable bonds is 9. The van der Waals surface area contributed by atoms with E-state index in [1.807, 2.05) is 49.4 Å². The Morgan fingerprint density at radius 3 is 2.63 bits per heavy atom. The molecule has 0 radical (unpaired) electrons. The van der Waals surface area contributed by atoms with Crippen molar-refractivity contribution in [3.63, 3.8) is 0 Å². The molecule has 6 heteroatoms. The number of carbonyl (C=O) groups excluding carboxylic acids is 2. The summed E-state index contributed by atoms with van der Waals surface area (Å²) in [4.78, 5) is 26.6. The molecule has 0 atom stereocenters. The lowest BCUT2D eigenvalue weighted by molar-refractivity contribution is -0.125. The number of thioether (sulfide) groups is 1. The Kier molecular flexibility index (Phi) is 8.20. The Bertz CT molecular complexity index is 778. The van der Waals surface area contributed by atoms with Crippen molar-refractivity contribution in [2.45, 2.75) is 18.2 Å². The maximum absolute atomic E-state index is 12.5. The zero-order valence-electron chi connectivity index (χ0n) is 16.0. The van der Waals surface area contributed by atoms with E-state index in [9.17, 15) is 9.59 Å². The summed E-state index contributed by atoms with van der Waals surface area (Å²) in [6, 6.07) is 15.2. The minimum Gasteiger partial charge on any atom is -0.494 e. The number of ether oxygens (including phenoxy) is 1. The molecule has 0 bridgehead atoms. The van der Waals surface area contributed by atoms with Crippen LogP contribution in [0, 0.1) is 6.92 Å². The molecule has 2 aromatic carbocycles. The Hall–Kier alpha value is -2.47. The number of hydrogen-bond acceptors (Lipinski definition) is 4. The lowest BCUT2D eigenvalue weighted by Crippen LogP contribution is -2.26. The number of amides is 2. The van der Waals surface area contributed by atoms with Gasteiger partial charge in [0.05, 0.1) is 17.9 Å². The van der Waals surface area contributed by atoms with Gasteiger partial charge in [-0.3, -0.25) is 9.59 Å². The number of hydrogen-bond donors (Lipinski definition) is 1. The predicted octanol–water partition coefficient (Wildman–Crippen LogP) is 3.37. The van der Waals surface area contributed by atoms with Gasteiger partial charge in [0.25, 0.3) is 5.91 Å². The van der Waals surface area contributed by atoms with Crippen molar-refractivity contribution >= 4 is 23.6 Å². The van der Waals surface area contributed by atoms with Gasteiger partial charge in [-0.15, -0.1) is 11.8 Å². The number of benzene rings is 2. The maximum Gasteiger partial charge on any atom is 0.252 e. The molecule has 5 nitrogen and oxygen atoms in total. The van der Waals surface area contributed by atoms with E-state index in [1.54, 1.807) is 25.1 Å². The summed E-state index contributed by atoms with van der Waals surface area (Å²) >= 11 is 1.38. The third-order valence-corrected chi connectivity index (χ3v) is 4.90. The number of carbonyl (C=O) groups is 2. The molecule has 0 spiro atoms. The molecule has 1 N–H and O–H groups in total. The van der Waals surface area contributed by atoms with E-state index in [2.05, 4.69) is 5.32 Å². The van der Waals surface area contributed by atoms with Crippen molar-refractivity contribution in [2.75, 3.05) is 33.0 Å². The average Bonchev–Trinajstić information content (AvgIpc) is 2.65. The summed E-state index contributed by atoms with van der Waals surface area (Å²) in [5.41, 5.74) is 1.75. The highest BCUT2D eigenvalue weighted by molar-refractivity contribution is 8.00. The summed E-state index contributed by atoms with van der Waals surface area (Å²) in [5, 5.41) is 2.92. The van der Waals surface area contributed by atoms with E-state index in [0.29, 0.717) is 30.9 Å². The highest BCUT2D eigenvalue weighted by Crippen LogP contribution is 2.22. The topological polar surface area (TPSA) is 58.6 Å². The van der Waals surface area contributed by atoms with E-state index >= 15 is 0 Å². The van der Waals surface area contributed by atoms with Gasteiger partial charge in [0.15, 0.2) is 0 Å². The van der Waals surface area contributed by atoms with Crippen molar-refractivity contribution in [3.05, 3.63) is 59.7 Å². The minimum absolute atomic E-state index is 0.0171. The van der Waals surface area contributed by atoms with Gasteiger partial charge in [-0.2, -0.15) is 0 Å². The fourth-order valence-corrected chi connectivity index (χ4v) is 3.34. The van der Waals surface area contributed by atoms with Gasteiger partial charge in [0.1, 0.15) is 5.75 Å². The Morgan fingerprint density at radius 2 is 1.89 bits per heavy atom. The van der Waals surface area contributed by atoms with Crippen LogP contribution in [0.1, 0.15) is 22.3 Å². The third kappa shape index (κ3) is 6.98. The summed E-state index contributed by atoms with van der Waals surface area (Å²) in [6.45, 7) is 3.09. The number of aryl methyl sites for hydroxylation is 1. The fourth-order valence-electron chi connectivity index (χ4n) is 2.31. The van der Waals surface area contributed by atoms with Gasteiger partial charge in [0, 0.05) is 25.5 Å². The third-order valence-electron chi connectivity index (χ3n) is 3.85. The van der Waals surface area contributed by atoms with Crippen LogP contribution < -0.4 is 10.1 Å². The zero-order valence-corrected chi connectivity index (χ0v) is 16.8. The second kappa shape index (κ2) is 10.6. The molecule has 0 aliphatic heterocycles. The molecule has 0 saturated carbocycles. The first kappa shape index (κ1) is 20.8. The van der Waals surface area contributed by atoms with Crippen molar-refractivity contribution in [3.8, 4) is 5.75 Å². The van der Waals surface area contributed by atoms with E-state index in [-0.39, 0.29) is 11.8 Å². The van der Waals surface area contributed by atoms with E-state index in [1.165, 1.54) is 11.8 Å². The maximum atomic E-state index is 12.5. The molecule has 0 aliphatic carbocycles. The van der Waals surface area contributed by atoms with E-state index in [0.717, 1.165) is 16.2 Å². The molecule has 0 aliphatic rings. The minimum atomic E-state index is -0.133. The molecular formula is C21H26N2O3S. The lowest BCUT2D eigenvalue weighted by atomic mass is 10.2. The van der Waals surface area contributed by atoms with E-state index in [4.69, 9.17) is 4.74 Å². The van der Waals surface area contributed by atoms with Crippen LogP contribution in [0.5, 0.6) is 5.75 Å². The van der Waals surface area contributed by atoms with Gasteiger partial charge < -0.3 is 15.0 Å². The normalized spacial score (nSPS) is 10.3. The molecule has 0 aromatic heterocycles. The molecule has 144 valence electrons. The van der Waals surface area contributed by atoms with Crippen molar-refractivity contribution in [1.29, 1.82) is 0 Å². The first-order valence-electron chi connectivity index (χ1n) is 8.87. The summed E-state index contributed by atoms with van der Waals surface area (Å²) < 4.78 is 5.69. The molecule has 0 fully saturated rings. The standard InChI is InChI=1S/C21H26N2O3S/c1-16-8-6-9-17(14-16)26-13-7-12-22-21(25)18-10-4-5-11-19(18)27-15-20(24)23(2)3/h4-6,8-11,14H,7,12-13,15H2,1-3H3,(H,22,25). The SMILES string of the molecule is Cc1cccc(OCCCNC(=O)c2ccccc2SCC(=O)N(C)C)c1. The molecule has 0 heterocycles. The highest BCUT2D eigenvalue weighted by atomic mass is 32.2. The Labute approximate surface area is 165 Å². The van der Waals surface area contributed by atoms with Crippen LogP contribution >= 0.6 is 11.8 Å². The van der Waals surface area contributed by atoms with Gasteiger partial charge in [-0.1, -0.05) is 24.3 Å². The molecule has 2 aromatic rings. The van der Waals surface area contributed by atoms with Crippen LogP contribution in [0.2, 0.25) is 0 Å². The quantitative estimate of drug-likeness (QED) is 0.530. The monoisotopic (exact) mass is 386 g/mol. The largest absolute Gasteiger partial charge is 0.494 e. The van der Waals surface area contributed by atoms with Crippen LogP contribution in [-0.2, 0) is 4.79 Å². The lowest BCUT2D eigenvalue weighted by Gasteiger charge is -2.12. The average molecular weight is 387 g/mol. The number of nitrogens with zero attached hydrogens (tertiary/aromatic N) is 1. The van der Waals surface area contributed by atoms with Crippen LogP contribution in [0.15, 0.2) is 53.4 Å². The molecular weight excluding hydrogens is 360 g/mol. The van der Waals surface area contributed by atoms with Crippen LogP contribution in [0.25, 0.3) is 0 Å². The second-order valence-corrected chi connectivity index (χ2v) is 7.36. The fraction of sp³-hybridized carbons (Fsp3) is 0.333. The smallest absolute Gasteiger partial charge is 0.252 e. The molecule has 0 saturated heterocycles. The van der Waals surface area contributed by atoms with Gasteiger partial charge >= 0.3 is 0 Å². The first-order valence-corrected chi connectivity index (χ1v) is 9.85. The van der Waals surface area contributed by atoms with Crippen molar-refractivity contribution < 1.29 is 14.3 Å². The van der Waals surface area contributed by atoms with Crippen LogP contribution in [0.3, 0.4) is 0 Å². The molecule has 0 unspecified atom stereocenters. The Balaban J connectivity index is 1.79. The second-order valence-electron chi connectivity index (χ2n) is 6.35. The zero-order chi connectivity index (χ0) is 19.6. The van der Waals surface area contributed by atoms with E-state index < -0.39 is 0 Å². The van der Waals surface area contributed by atoms with Crippen LogP contribution in [0.4, 0.5) is 0 Å². The summed E-state index contributed by atoms with van der Waals surface area (Å²) in [5.74, 6) is 1.03. The Morgan fingerprint density at radius 1 is 1.11 bits per heavy atom. The molecule has 27 heavy (non-hydrogen) atoms. The van der Waals surface area contributed by atoms with Crippen molar-refractivity contribution in [1.82, 2.24) is 10.2 Å². The first-order chi connectivity index (χ1) is 13.0. The molecule has 2 rings (SSSR count). The van der Waals surface area contributed by atoms with Crippen LogP contribution in [-0.4, -0.2) is 49.7 Å². The summed E-state index contributed by atoms with van der Waals surface area (Å²) in [7, 11) is 3.45. The highest BCUT2D eigenvalue weighted by Gasteiger charge is 2.13. The van der Waals surface area contributed by atoms with Gasteiger partial charge in [-0.25, -0.2) is 0 Å². The van der Waals surface area contributed by atoms with Crippen molar-refractivity contribution in [2.24, 2.45) is 0 Å². The van der Waals surface area contributed by atoms with Gasteiger partial charge in [0.2, 0.25) is 5.91 Å². The number of nitrogens with one attached hydrogen (secondary N) is 1. The summed E-state index contributed by atoms with van der Waals surface area (Å²) in [6.07, 6.45) is 0.716. The predicted molar refractivity (Wildman–Crippen MR) is 109 cm³/mol. The van der Waals surface area contributed by atoms with Gasteiger partial charge in [-0.05, 0) is 43.2 Å². The molecule has 2 amide bonds.